The van der Waals surface area contributed by atoms with Crippen LogP contribution in [0.5, 0.6) is 5.75 Å². The van der Waals surface area contributed by atoms with Gasteiger partial charge in [-0.2, -0.15) is 0 Å². The van der Waals surface area contributed by atoms with Gasteiger partial charge in [-0.05, 0) is 55.8 Å². The summed E-state index contributed by atoms with van der Waals surface area (Å²) in [6.45, 7) is 3.03. The summed E-state index contributed by atoms with van der Waals surface area (Å²) < 4.78 is 0. The summed E-state index contributed by atoms with van der Waals surface area (Å²) in [7, 11) is 1.98. The minimum absolute atomic E-state index is 0.335. The van der Waals surface area contributed by atoms with Crippen molar-refractivity contribution in [3.05, 3.63) is 65.2 Å². The molecule has 0 amide bonds. The van der Waals surface area contributed by atoms with Gasteiger partial charge in [-0.3, -0.25) is 0 Å². The summed E-state index contributed by atoms with van der Waals surface area (Å²) >= 11 is 0. The maximum absolute atomic E-state index is 9.55. The minimum Gasteiger partial charge on any atom is -0.508 e. The molecule has 1 atom stereocenters. The minimum atomic E-state index is 0.335. The molecule has 2 N–H and O–H groups in total. The van der Waals surface area contributed by atoms with Crippen molar-refractivity contribution in [2.75, 3.05) is 13.6 Å². The van der Waals surface area contributed by atoms with Crippen LogP contribution >= 0.6 is 0 Å². The van der Waals surface area contributed by atoms with E-state index < -0.39 is 0 Å². The second-order valence-electron chi connectivity index (χ2n) is 4.90. The Morgan fingerprint density at radius 2 is 1.84 bits per heavy atom. The molecule has 2 aromatic rings. The van der Waals surface area contributed by atoms with Gasteiger partial charge in [-0.15, -0.1) is 0 Å². The van der Waals surface area contributed by atoms with Gasteiger partial charge >= 0.3 is 0 Å². The van der Waals surface area contributed by atoms with Crippen molar-refractivity contribution >= 4 is 0 Å². The molecule has 2 aromatic carbocycles. The number of hydrogen-bond donors (Lipinski definition) is 2. The normalized spacial score (nSPS) is 12.3. The Morgan fingerprint density at radius 3 is 2.47 bits per heavy atom. The van der Waals surface area contributed by atoms with Crippen molar-refractivity contribution in [2.24, 2.45) is 0 Å². The maximum atomic E-state index is 9.55. The van der Waals surface area contributed by atoms with Crippen LogP contribution in [0, 0.1) is 6.92 Å². The van der Waals surface area contributed by atoms with Crippen molar-refractivity contribution in [1.82, 2.24) is 5.32 Å². The molecule has 0 saturated heterocycles. The van der Waals surface area contributed by atoms with Gasteiger partial charge in [0.1, 0.15) is 5.75 Å². The first-order chi connectivity index (χ1) is 9.22. The van der Waals surface area contributed by atoms with Crippen LogP contribution in [0.3, 0.4) is 0 Å². The van der Waals surface area contributed by atoms with Crippen LogP contribution in [0.25, 0.3) is 0 Å². The van der Waals surface area contributed by atoms with E-state index >= 15 is 0 Å². The zero-order chi connectivity index (χ0) is 13.7. The zero-order valence-corrected chi connectivity index (χ0v) is 11.6. The van der Waals surface area contributed by atoms with E-state index in [0.717, 1.165) is 18.5 Å². The summed E-state index contributed by atoms with van der Waals surface area (Å²) in [5, 5.41) is 12.8. The summed E-state index contributed by atoms with van der Waals surface area (Å²) in [5.74, 6) is 0.705. The lowest BCUT2D eigenvalue weighted by Crippen LogP contribution is -2.13. The van der Waals surface area contributed by atoms with Crippen LogP contribution in [-0.2, 0) is 0 Å². The molecule has 0 bridgehead atoms. The zero-order valence-electron chi connectivity index (χ0n) is 11.6. The Balaban J connectivity index is 2.37. The third-order valence-electron chi connectivity index (χ3n) is 3.51. The van der Waals surface area contributed by atoms with Gasteiger partial charge in [0.2, 0.25) is 0 Å². The number of benzene rings is 2. The first-order valence-corrected chi connectivity index (χ1v) is 6.71. The van der Waals surface area contributed by atoms with Crippen LogP contribution in [0.4, 0.5) is 0 Å². The van der Waals surface area contributed by atoms with Crippen molar-refractivity contribution < 1.29 is 5.11 Å². The van der Waals surface area contributed by atoms with E-state index in [9.17, 15) is 5.11 Å². The molecular formula is C17H21NO. The second-order valence-corrected chi connectivity index (χ2v) is 4.90. The first kappa shape index (κ1) is 13.6. The summed E-state index contributed by atoms with van der Waals surface area (Å²) in [4.78, 5) is 0. The van der Waals surface area contributed by atoms with Crippen molar-refractivity contribution in [2.45, 2.75) is 19.3 Å². The predicted molar refractivity (Wildman–Crippen MR) is 79.7 cm³/mol. The van der Waals surface area contributed by atoms with Crippen molar-refractivity contribution in [3.63, 3.8) is 0 Å². The smallest absolute Gasteiger partial charge is 0.115 e. The first-order valence-electron chi connectivity index (χ1n) is 6.71. The van der Waals surface area contributed by atoms with Crippen LogP contribution in [0.1, 0.15) is 29.0 Å². The quantitative estimate of drug-likeness (QED) is 0.857. The average Bonchev–Trinajstić information content (AvgIpc) is 2.42. The number of aromatic hydroxyl groups is 1. The number of nitrogens with one attached hydrogen (secondary N) is 1. The molecule has 1 unspecified atom stereocenters. The predicted octanol–water partition coefficient (Wildman–Crippen LogP) is 3.44. The molecule has 0 heterocycles. The third kappa shape index (κ3) is 3.36. The molecule has 0 aliphatic rings. The van der Waals surface area contributed by atoms with E-state index in [1.807, 2.05) is 25.2 Å². The summed E-state index contributed by atoms with van der Waals surface area (Å²) in [5.41, 5.74) is 3.76. The fourth-order valence-corrected chi connectivity index (χ4v) is 2.53. The second kappa shape index (κ2) is 6.39. The van der Waals surface area contributed by atoms with Crippen LogP contribution < -0.4 is 5.32 Å². The highest BCUT2D eigenvalue weighted by Crippen LogP contribution is 2.31. The molecule has 2 nitrogen and oxygen atoms in total. The SMILES string of the molecule is CNCCC(c1ccccc1)c1ccc(O)cc1C. The molecule has 0 spiro atoms. The van der Waals surface area contributed by atoms with E-state index in [-0.39, 0.29) is 0 Å². The van der Waals surface area contributed by atoms with E-state index in [1.165, 1.54) is 11.1 Å². The Morgan fingerprint density at radius 1 is 1.11 bits per heavy atom. The third-order valence-corrected chi connectivity index (χ3v) is 3.51. The molecule has 0 fully saturated rings. The van der Waals surface area contributed by atoms with Gasteiger partial charge in [0.25, 0.3) is 0 Å². The number of phenolic OH excluding ortho intramolecular Hbond substituents is 1. The number of rotatable bonds is 5. The lowest BCUT2D eigenvalue weighted by Gasteiger charge is -2.20. The largest absolute Gasteiger partial charge is 0.508 e. The molecule has 0 aliphatic heterocycles. The fraction of sp³-hybridized carbons (Fsp3) is 0.294. The van der Waals surface area contributed by atoms with E-state index in [2.05, 4.69) is 36.5 Å². The number of hydrogen-bond acceptors (Lipinski definition) is 2. The van der Waals surface area contributed by atoms with Crippen LogP contribution in [0.15, 0.2) is 48.5 Å². The molecule has 100 valence electrons. The average molecular weight is 255 g/mol. The molecule has 0 aromatic heterocycles. The standard InChI is InChI=1S/C17H21NO/c1-13-12-15(19)8-9-16(13)17(10-11-18-2)14-6-4-3-5-7-14/h3-9,12,17-19H,10-11H2,1-2H3. The lowest BCUT2D eigenvalue weighted by molar-refractivity contribution is 0.474. The van der Waals surface area contributed by atoms with E-state index in [0.29, 0.717) is 11.7 Å². The Labute approximate surface area is 115 Å². The monoisotopic (exact) mass is 255 g/mol. The molecule has 2 rings (SSSR count). The van der Waals surface area contributed by atoms with Crippen LogP contribution in [-0.4, -0.2) is 18.7 Å². The van der Waals surface area contributed by atoms with E-state index in [1.54, 1.807) is 6.07 Å². The van der Waals surface area contributed by atoms with Gasteiger partial charge in [0.05, 0.1) is 0 Å². The van der Waals surface area contributed by atoms with Crippen LogP contribution in [0.2, 0.25) is 0 Å². The molecule has 0 saturated carbocycles. The highest BCUT2D eigenvalue weighted by molar-refractivity contribution is 5.41. The highest BCUT2D eigenvalue weighted by atomic mass is 16.3. The Bertz CT molecular complexity index is 522. The van der Waals surface area contributed by atoms with Gasteiger partial charge in [0, 0.05) is 5.92 Å². The van der Waals surface area contributed by atoms with Gasteiger partial charge in [-0.25, -0.2) is 0 Å². The topological polar surface area (TPSA) is 32.3 Å². The molecular weight excluding hydrogens is 234 g/mol. The van der Waals surface area contributed by atoms with Crippen molar-refractivity contribution in [1.29, 1.82) is 0 Å². The highest BCUT2D eigenvalue weighted by Gasteiger charge is 2.15. The van der Waals surface area contributed by atoms with Crippen molar-refractivity contribution in [3.8, 4) is 5.75 Å². The van der Waals surface area contributed by atoms with Gasteiger partial charge in [-0.1, -0.05) is 36.4 Å². The summed E-state index contributed by atoms with van der Waals surface area (Å²) in [6.07, 6.45) is 1.05. The maximum Gasteiger partial charge on any atom is 0.115 e. The Kier molecular flexibility index (Phi) is 4.58. The number of aryl methyl sites for hydroxylation is 1. The molecule has 0 aliphatic carbocycles. The number of phenols is 1. The lowest BCUT2D eigenvalue weighted by atomic mass is 9.86. The summed E-state index contributed by atoms with van der Waals surface area (Å²) in [6, 6.07) is 16.2. The fourth-order valence-electron chi connectivity index (χ4n) is 2.53. The molecule has 2 heteroatoms. The Hall–Kier alpha value is -1.80. The molecule has 0 radical (unpaired) electrons. The molecule has 19 heavy (non-hydrogen) atoms. The van der Waals surface area contributed by atoms with Gasteiger partial charge < -0.3 is 10.4 Å². The van der Waals surface area contributed by atoms with Gasteiger partial charge in [0.15, 0.2) is 0 Å². The van der Waals surface area contributed by atoms with E-state index in [4.69, 9.17) is 0 Å².